The first-order valence-corrected chi connectivity index (χ1v) is 4.02. The molecule has 5 heteroatoms. The van der Waals surface area contributed by atoms with Gasteiger partial charge < -0.3 is 9.29 Å². The second kappa shape index (κ2) is 4.40. The van der Waals surface area contributed by atoms with Gasteiger partial charge in [0.2, 0.25) is 0 Å². The van der Waals surface area contributed by atoms with Crippen LogP contribution in [0.25, 0.3) is 0 Å². The normalized spacial score (nSPS) is 15.9. The van der Waals surface area contributed by atoms with Gasteiger partial charge in [-0.05, 0) is 13.8 Å². The summed E-state index contributed by atoms with van der Waals surface area (Å²) >= 11 is -2.12. The molecule has 0 aliphatic carbocycles. The molecule has 0 radical (unpaired) electrons. The molecule has 0 spiro atoms. The van der Waals surface area contributed by atoms with Gasteiger partial charge in [-0.15, -0.1) is 0 Å². The van der Waals surface area contributed by atoms with Crippen molar-refractivity contribution in [2.45, 2.75) is 19.1 Å². The van der Waals surface area contributed by atoms with Crippen molar-refractivity contribution in [1.82, 2.24) is 0 Å². The van der Waals surface area contributed by atoms with E-state index >= 15 is 0 Å². The highest BCUT2D eigenvalue weighted by Crippen LogP contribution is 1.94. The highest BCUT2D eigenvalue weighted by atomic mass is 32.2. The molecule has 2 unspecified atom stereocenters. The molecular weight excluding hydrogens is 156 g/mol. The van der Waals surface area contributed by atoms with Gasteiger partial charge in [0.25, 0.3) is 0 Å². The van der Waals surface area contributed by atoms with Gasteiger partial charge in [0.05, 0.1) is 6.61 Å². The minimum Gasteiger partial charge on any atom is -0.465 e. The van der Waals surface area contributed by atoms with Crippen molar-refractivity contribution in [2.24, 2.45) is 0 Å². The van der Waals surface area contributed by atoms with Crippen LogP contribution >= 0.6 is 0 Å². The first-order valence-electron chi connectivity index (χ1n) is 2.85. The molecule has 0 bridgehead atoms. The molecule has 0 saturated carbocycles. The van der Waals surface area contributed by atoms with E-state index in [1.807, 2.05) is 0 Å². The summed E-state index contributed by atoms with van der Waals surface area (Å²) in [5.74, 6) is -0.636. The zero-order chi connectivity index (χ0) is 8.15. The number of carbonyl (C=O) groups excluding carboxylic acids is 1. The average Bonchev–Trinajstić information content (AvgIpc) is 1.87. The van der Waals surface area contributed by atoms with Crippen molar-refractivity contribution in [2.75, 3.05) is 6.61 Å². The van der Waals surface area contributed by atoms with Crippen molar-refractivity contribution in [3.63, 3.8) is 0 Å². The molecule has 0 aliphatic rings. The number of ether oxygens (including phenoxy) is 1. The van der Waals surface area contributed by atoms with Gasteiger partial charge in [-0.1, -0.05) is 0 Å². The van der Waals surface area contributed by atoms with Gasteiger partial charge in [-0.25, -0.2) is 4.21 Å². The van der Waals surface area contributed by atoms with Crippen molar-refractivity contribution in [1.29, 1.82) is 0 Å². The Morgan fingerprint density at radius 1 is 1.80 bits per heavy atom. The van der Waals surface area contributed by atoms with E-state index in [0.29, 0.717) is 0 Å². The molecule has 2 atom stereocenters. The Morgan fingerprint density at radius 3 is 2.60 bits per heavy atom. The van der Waals surface area contributed by atoms with Crippen LogP contribution in [0.4, 0.5) is 0 Å². The Kier molecular flexibility index (Phi) is 4.22. The van der Waals surface area contributed by atoms with Gasteiger partial charge in [0, 0.05) is 0 Å². The topological polar surface area (TPSA) is 63.6 Å². The van der Waals surface area contributed by atoms with E-state index in [1.165, 1.54) is 6.92 Å². The van der Waals surface area contributed by atoms with Gasteiger partial charge >= 0.3 is 5.97 Å². The maximum Gasteiger partial charge on any atom is 0.323 e. The van der Waals surface area contributed by atoms with E-state index in [-0.39, 0.29) is 6.61 Å². The molecule has 0 aromatic carbocycles. The summed E-state index contributed by atoms with van der Waals surface area (Å²) < 4.78 is 23.1. The summed E-state index contributed by atoms with van der Waals surface area (Å²) in [5.41, 5.74) is 0. The van der Waals surface area contributed by atoms with E-state index in [0.717, 1.165) is 0 Å². The number of hydrogen-bond donors (Lipinski definition) is 1. The number of esters is 1. The van der Waals surface area contributed by atoms with Crippen molar-refractivity contribution in [3.8, 4) is 0 Å². The average molecular weight is 166 g/mol. The lowest BCUT2D eigenvalue weighted by molar-refractivity contribution is -0.142. The molecule has 60 valence electrons. The van der Waals surface area contributed by atoms with Crippen LogP contribution in [0.2, 0.25) is 0 Å². The fourth-order valence-electron chi connectivity index (χ4n) is 0.342. The summed E-state index contributed by atoms with van der Waals surface area (Å²) in [5, 5.41) is -0.944. The third-order valence-electron chi connectivity index (χ3n) is 0.921. The van der Waals surface area contributed by atoms with Crippen molar-refractivity contribution in [3.05, 3.63) is 0 Å². The summed E-state index contributed by atoms with van der Waals surface area (Å²) in [6, 6.07) is 0. The van der Waals surface area contributed by atoms with Gasteiger partial charge in [0.15, 0.2) is 16.3 Å². The molecule has 1 N–H and O–H groups in total. The highest BCUT2D eigenvalue weighted by molar-refractivity contribution is 7.80. The Morgan fingerprint density at radius 2 is 2.30 bits per heavy atom. The molecular formula is C5H10O4S. The number of hydrogen-bond acceptors (Lipinski definition) is 3. The fraction of sp³-hybridized carbons (Fsp3) is 0.800. The third-order valence-corrected chi connectivity index (χ3v) is 1.72. The minimum atomic E-state index is -2.12. The molecule has 0 rings (SSSR count). The largest absolute Gasteiger partial charge is 0.465 e. The molecule has 0 aromatic heterocycles. The van der Waals surface area contributed by atoms with Crippen LogP contribution in [-0.4, -0.2) is 26.6 Å². The lowest BCUT2D eigenvalue weighted by atomic mass is 10.5. The van der Waals surface area contributed by atoms with Crippen LogP contribution in [-0.2, 0) is 20.6 Å². The van der Waals surface area contributed by atoms with Gasteiger partial charge in [-0.3, -0.25) is 4.79 Å². The molecule has 0 fully saturated rings. The molecule has 0 aliphatic heterocycles. The SMILES string of the molecule is CCOC(=O)C(C)S(=O)O. The summed E-state index contributed by atoms with van der Waals surface area (Å²) in [6.45, 7) is 3.22. The quantitative estimate of drug-likeness (QED) is 0.479. The summed E-state index contributed by atoms with van der Waals surface area (Å²) in [4.78, 5) is 10.6. The van der Waals surface area contributed by atoms with Crippen LogP contribution in [0.5, 0.6) is 0 Å². The molecule has 10 heavy (non-hydrogen) atoms. The van der Waals surface area contributed by atoms with E-state index in [4.69, 9.17) is 4.55 Å². The second-order valence-electron chi connectivity index (χ2n) is 1.67. The number of carbonyl (C=O) groups is 1. The zero-order valence-corrected chi connectivity index (χ0v) is 6.68. The lowest BCUT2D eigenvalue weighted by Crippen LogP contribution is -2.24. The van der Waals surface area contributed by atoms with E-state index in [1.54, 1.807) is 6.92 Å². The summed E-state index contributed by atoms with van der Waals surface area (Å²) in [7, 11) is 0. The highest BCUT2D eigenvalue weighted by Gasteiger charge is 2.18. The predicted octanol–water partition coefficient (Wildman–Crippen LogP) is 0.160. The van der Waals surface area contributed by atoms with E-state index < -0.39 is 22.3 Å². The third kappa shape index (κ3) is 2.93. The zero-order valence-electron chi connectivity index (χ0n) is 5.86. The van der Waals surface area contributed by atoms with Crippen LogP contribution in [0.15, 0.2) is 0 Å². The first-order chi connectivity index (χ1) is 4.59. The first kappa shape index (κ1) is 9.58. The Bertz CT molecular complexity index is 145. The van der Waals surface area contributed by atoms with E-state index in [9.17, 15) is 9.00 Å². The monoisotopic (exact) mass is 166 g/mol. The fourth-order valence-corrected chi connectivity index (χ4v) is 0.575. The summed E-state index contributed by atoms with van der Waals surface area (Å²) in [6.07, 6.45) is 0. The van der Waals surface area contributed by atoms with Gasteiger partial charge in [-0.2, -0.15) is 0 Å². The Hall–Kier alpha value is -0.420. The predicted molar refractivity (Wildman–Crippen MR) is 36.9 cm³/mol. The number of rotatable bonds is 3. The van der Waals surface area contributed by atoms with Gasteiger partial charge in [0.1, 0.15) is 0 Å². The Balaban J connectivity index is 3.82. The maximum absolute atomic E-state index is 10.6. The van der Waals surface area contributed by atoms with Crippen LogP contribution in [0, 0.1) is 0 Å². The van der Waals surface area contributed by atoms with Crippen molar-refractivity contribution < 1.29 is 18.3 Å². The lowest BCUT2D eigenvalue weighted by Gasteiger charge is -2.04. The molecule has 0 saturated heterocycles. The Labute approximate surface area is 61.9 Å². The van der Waals surface area contributed by atoms with Crippen LogP contribution in [0.1, 0.15) is 13.8 Å². The van der Waals surface area contributed by atoms with Crippen molar-refractivity contribution >= 4 is 17.0 Å². The smallest absolute Gasteiger partial charge is 0.323 e. The maximum atomic E-state index is 10.6. The second-order valence-corrected chi connectivity index (χ2v) is 2.93. The van der Waals surface area contributed by atoms with Crippen LogP contribution in [0.3, 0.4) is 0 Å². The minimum absolute atomic E-state index is 0.236. The molecule has 0 heterocycles. The molecule has 0 aromatic rings. The molecule has 0 amide bonds. The van der Waals surface area contributed by atoms with Crippen LogP contribution < -0.4 is 0 Å². The van der Waals surface area contributed by atoms with E-state index in [2.05, 4.69) is 4.74 Å². The molecule has 4 nitrogen and oxygen atoms in total. The standard InChI is InChI=1S/C5H10O4S/c1-3-9-5(6)4(2)10(7)8/h4H,3H2,1-2H3,(H,7,8).